The van der Waals surface area contributed by atoms with Crippen LogP contribution < -0.4 is 0 Å². The lowest BCUT2D eigenvalue weighted by Gasteiger charge is -2.32. The van der Waals surface area contributed by atoms with Crippen molar-refractivity contribution in [2.24, 2.45) is 7.05 Å². The molecule has 26 heavy (non-hydrogen) atoms. The van der Waals surface area contributed by atoms with E-state index < -0.39 is 33.6 Å². The minimum Gasteiger partial charge on any atom is -0.371 e. The van der Waals surface area contributed by atoms with Crippen LogP contribution in [0.25, 0.3) is 0 Å². The Morgan fingerprint density at radius 2 is 2.04 bits per heavy atom. The van der Waals surface area contributed by atoms with Crippen LogP contribution in [0.1, 0.15) is 22.8 Å². The van der Waals surface area contributed by atoms with E-state index in [0.29, 0.717) is 0 Å². The lowest BCUT2D eigenvalue weighted by molar-refractivity contribution is -0.138. The molecule has 3 rings (SSSR count). The van der Waals surface area contributed by atoms with Crippen molar-refractivity contribution in [1.29, 1.82) is 0 Å². The van der Waals surface area contributed by atoms with Crippen LogP contribution in [0, 0.1) is 0 Å². The first-order chi connectivity index (χ1) is 12.2. The first-order valence-electron chi connectivity index (χ1n) is 7.90. The Morgan fingerprint density at radius 3 is 2.69 bits per heavy atom. The molecule has 2 aromatic rings. The van der Waals surface area contributed by atoms with Crippen molar-refractivity contribution >= 4 is 10.0 Å². The predicted octanol–water partition coefficient (Wildman–Crippen LogP) is 2.34. The first kappa shape index (κ1) is 18.9. The SMILES string of the molecule is Cn1cc(C2CN(S(=O)(=O)Cc3ccccc3C(F)(F)F)CCO2)cn1. The summed E-state index contributed by atoms with van der Waals surface area (Å²) in [5.74, 6) is -0.706. The molecule has 142 valence electrons. The fourth-order valence-corrected chi connectivity index (χ4v) is 4.44. The maximum Gasteiger partial charge on any atom is 0.416 e. The first-order valence-corrected chi connectivity index (χ1v) is 9.51. The summed E-state index contributed by atoms with van der Waals surface area (Å²) in [5.41, 5.74) is -0.465. The normalized spacial score (nSPS) is 19.6. The average Bonchev–Trinajstić information content (AvgIpc) is 3.01. The standard InChI is InChI=1S/C16H18F3N3O3S/c1-21-9-13(8-20-21)15-10-22(6-7-25-15)26(23,24)11-12-4-2-3-5-14(12)16(17,18)19/h2-5,8-9,15H,6-7,10-11H2,1H3. The predicted molar refractivity (Wildman–Crippen MR) is 87.5 cm³/mol. The van der Waals surface area contributed by atoms with Crippen LogP contribution in [0.2, 0.25) is 0 Å². The van der Waals surface area contributed by atoms with Crippen molar-refractivity contribution in [2.45, 2.75) is 18.0 Å². The number of hydrogen-bond donors (Lipinski definition) is 0. The highest BCUT2D eigenvalue weighted by molar-refractivity contribution is 7.88. The Hall–Kier alpha value is -1.91. The molecule has 1 saturated heterocycles. The van der Waals surface area contributed by atoms with Crippen molar-refractivity contribution in [3.63, 3.8) is 0 Å². The van der Waals surface area contributed by atoms with E-state index in [0.717, 1.165) is 11.6 Å². The van der Waals surface area contributed by atoms with E-state index in [-0.39, 0.29) is 25.3 Å². The highest BCUT2D eigenvalue weighted by Crippen LogP contribution is 2.33. The Balaban J connectivity index is 1.80. The smallest absolute Gasteiger partial charge is 0.371 e. The maximum atomic E-state index is 13.1. The van der Waals surface area contributed by atoms with Gasteiger partial charge in [0, 0.05) is 31.9 Å². The number of nitrogens with zero attached hydrogens (tertiary/aromatic N) is 3. The van der Waals surface area contributed by atoms with Crippen LogP contribution in [0.3, 0.4) is 0 Å². The van der Waals surface area contributed by atoms with Gasteiger partial charge in [-0.05, 0) is 11.6 Å². The number of aryl methyl sites for hydroxylation is 1. The van der Waals surface area contributed by atoms with E-state index >= 15 is 0 Å². The van der Waals surface area contributed by atoms with Crippen molar-refractivity contribution in [2.75, 3.05) is 19.7 Å². The zero-order chi connectivity index (χ0) is 18.9. The number of halogens is 3. The molecule has 0 radical (unpaired) electrons. The Kier molecular flexibility index (Phi) is 5.09. The van der Waals surface area contributed by atoms with Gasteiger partial charge in [0.15, 0.2) is 0 Å². The van der Waals surface area contributed by atoms with Crippen LogP contribution in [0.5, 0.6) is 0 Å². The second-order valence-corrected chi connectivity index (χ2v) is 8.04. The minimum atomic E-state index is -4.60. The molecule has 0 saturated carbocycles. The summed E-state index contributed by atoms with van der Waals surface area (Å²) in [6.45, 7) is 0.315. The molecule has 1 aromatic heterocycles. The third-order valence-corrected chi connectivity index (χ3v) is 5.97. The topological polar surface area (TPSA) is 64.4 Å². The number of benzene rings is 1. The second kappa shape index (κ2) is 7.01. The average molecular weight is 389 g/mol. The quantitative estimate of drug-likeness (QED) is 0.805. The third kappa shape index (κ3) is 4.08. The van der Waals surface area contributed by atoms with Gasteiger partial charge in [0.25, 0.3) is 0 Å². The fraction of sp³-hybridized carbons (Fsp3) is 0.438. The van der Waals surface area contributed by atoms with Gasteiger partial charge < -0.3 is 4.74 Å². The second-order valence-electron chi connectivity index (χ2n) is 6.08. The molecule has 0 N–H and O–H groups in total. The van der Waals surface area contributed by atoms with Gasteiger partial charge in [-0.15, -0.1) is 0 Å². The number of alkyl halides is 3. The summed E-state index contributed by atoms with van der Waals surface area (Å²) < 4.78 is 73.1. The van der Waals surface area contributed by atoms with E-state index in [9.17, 15) is 21.6 Å². The summed E-state index contributed by atoms with van der Waals surface area (Å²) in [5, 5.41) is 4.03. The third-order valence-electron chi connectivity index (χ3n) is 4.18. The number of hydrogen-bond acceptors (Lipinski definition) is 4. The van der Waals surface area contributed by atoms with E-state index in [1.165, 1.54) is 22.5 Å². The van der Waals surface area contributed by atoms with Gasteiger partial charge in [0.05, 0.1) is 30.2 Å². The molecule has 0 amide bonds. The zero-order valence-electron chi connectivity index (χ0n) is 14.0. The molecule has 1 atom stereocenters. The summed E-state index contributed by atoms with van der Waals surface area (Å²) in [6.07, 6.45) is -1.79. The molecule has 1 fully saturated rings. The van der Waals surface area contributed by atoms with Gasteiger partial charge in [-0.1, -0.05) is 18.2 Å². The van der Waals surface area contributed by atoms with Crippen LogP contribution >= 0.6 is 0 Å². The van der Waals surface area contributed by atoms with Gasteiger partial charge in [0.1, 0.15) is 0 Å². The van der Waals surface area contributed by atoms with Gasteiger partial charge in [-0.2, -0.15) is 22.6 Å². The van der Waals surface area contributed by atoms with Crippen LogP contribution in [0.4, 0.5) is 13.2 Å². The number of sulfonamides is 1. The largest absolute Gasteiger partial charge is 0.416 e. The molecule has 6 nitrogen and oxygen atoms in total. The number of rotatable bonds is 4. The molecule has 1 aromatic carbocycles. The van der Waals surface area contributed by atoms with Crippen LogP contribution in [-0.2, 0) is 33.7 Å². The van der Waals surface area contributed by atoms with E-state index in [1.807, 2.05) is 0 Å². The summed E-state index contributed by atoms with van der Waals surface area (Å²) >= 11 is 0. The van der Waals surface area contributed by atoms with Crippen molar-refractivity contribution in [1.82, 2.24) is 14.1 Å². The Bertz CT molecular complexity index is 880. The molecule has 1 aliphatic rings. The van der Waals surface area contributed by atoms with Gasteiger partial charge in [-0.3, -0.25) is 4.68 Å². The van der Waals surface area contributed by atoms with Crippen LogP contribution in [0.15, 0.2) is 36.7 Å². The van der Waals surface area contributed by atoms with Crippen molar-refractivity contribution < 1.29 is 26.3 Å². The summed E-state index contributed by atoms with van der Waals surface area (Å²) in [7, 11) is -2.20. The van der Waals surface area contributed by atoms with E-state index in [1.54, 1.807) is 24.1 Å². The lowest BCUT2D eigenvalue weighted by atomic mass is 10.1. The number of aromatic nitrogens is 2. The number of morpholine rings is 1. The van der Waals surface area contributed by atoms with Gasteiger partial charge in [0.2, 0.25) is 10.0 Å². The minimum absolute atomic E-state index is 0.0439. The van der Waals surface area contributed by atoms with Gasteiger partial charge in [-0.25, -0.2) is 8.42 Å². The van der Waals surface area contributed by atoms with Crippen LogP contribution in [-0.4, -0.2) is 42.2 Å². The molecular weight excluding hydrogens is 371 g/mol. The molecule has 1 aliphatic heterocycles. The lowest BCUT2D eigenvalue weighted by Crippen LogP contribution is -2.42. The Morgan fingerprint density at radius 1 is 1.31 bits per heavy atom. The fourth-order valence-electron chi connectivity index (χ4n) is 2.90. The van der Waals surface area contributed by atoms with Gasteiger partial charge >= 0.3 is 6.18 Å². The highest BCUT2D eigenvalue weighted by atomic mass is 32.2. The molecule has 0 aliphatic carbocycles. The molecule has 0 spiro atoms. The summed E-state index contributed by atoms with van der Waals surface area (Å²) in [4.78, 5) is 0. The van der Waals surface area contributed by atoms with E-state index in [2.05, 4.69) is 5.10 Å². The summed E-state index contributed by atoms with van der Waals surface area (Å²) in [6, 6.07) is 4.73. The Labute approximate surface area is 149 Å². The van der Waals surface area contributed by atoms with Crippen molar-refractivity contribution in [3.05, 3.63) is 53.3 Å². The monoisotopic (exact) mass is 389 g/mol. The maximum absolute atomic E-state index is 13.1. The highest BCUT2D eigenvalue weighted by Gasteiger charge is 2.36. The van der Waals surface area contributed by atoms with E-state index in [4.69, 9.17) is 4.74 Å². The molecular formula is C16H18F3N3O3S. The molecule has 2 heterocycles. The zero-order valence-corrected chi connectivity index (χ0v) is 14.8. The molecule has 0 bridgehead atoms. The number of ether oxygens (including phenoxy) is 1. The van der Waals surface area contributed by atoms with Crippen molar-refractivity contribution in [3.8, 4) is 0 Å². The molecule has 10 heteroatoms. The molecule has 1 unspecified atom stereocenters.